The Labute approximate surface area is 117 Å². The zero-order chi connectivity index (χ0) is 15.1. The van der Waals surface area contributed by atoms with E-state index in [1.165, 1.54) is 6.92 Å². The number of hydrogen-bond donors (Lipinski definition) is 1. The highest BCUT2D eigenvalue weighted by atomic mass is 19.3. The van der Waals surface area contributed by atoms with Crippen molar-refractivity contribution in [1.29, 1.82) is 0 Å². The van der Waals surface area contributed by atoms with Gasteiger partial charge in [-0.1, -0.05) is 27.7 Å². The lowest BCUT2D eigenvalue weighted by molar-refractivity contribution is -0.130. The van der Waals surface area contributed by atoms with E-state index in [2.05, 4.69) is 5.32 Å². The standard InChI is InChI=1S/C12H22F2N2O.C2H6.H2/c1-4-10(5-2)16-7-6-11(15-9(3)17)12(13,14)8-16;1-2;/h10-11H,4-8H2,1-3H3,(H,15,17);1-2H3;1H. The van der Waals surface area contributed by atoms with Crippen molar-refractivity contribution in [2.24, 2.45) is 0 Å². The van der Waals surface area contributed by atoms with Crippen LogP contribution in [-0.4, -0.2) is 41.9 Å². The van der Waals surface area contributed by atoms with Gasteiger partial charge in [0.2, 0.25) is 5.91 Å². The van der Waals surface area contributed by atoms with E-state index >= 15 is 0 Å². The Balaban J connectivity index is 0. The molecule has 1 amide bonds. The molecule has 1 rings (SSSR count). The number of nitrogens with zero attached hydrogens (tertiary/aromatic N) is 1. The van der Waals surface area contributed by atoms with Gasteiger partial charge in [0, 0.05) is 20.9 Å². The van der Waals surface area contributed by atoms with E-state index in [-0.39, 0.29) is 19.9 Å². The van der Waals surface area contributed by atoms with Crippen molar-refractivity contribution >= 4 is 5.91 Å². The molecule has 116 valence electrons. The van der Waals surface area contributed by atoms with Gasteiger partial charge in [0.25, 0.3) is 5.92 Å². The van der Waals surface area contributed by atoms with E-state index in [1.807, 2.05) is 32.6 Å². The van der Waals surface area contributed by atoms with Crippen LogP contribution in [0.5, 0.6) is 0 Å². The summed E-state index contributed by atoms with van der Waals surface area (Å²) in [6.45, 7) is 9.71. The van der Waals surface area contributed by atoms with Gasteiger partial charge >= 0.3 is 0 Å². The number of carbonyl (C=O) groups is 1. The molecule has 0 aliphatic carbocycles. The number of piperidine rings is 1. The van der Waals surface area contributed by atoms with E-state index in [4.69, 9.17) is 0 Å². The first-order valence-electron chi connectivity index (χ1n) is 7.29. The van der Waals surface area contributed by atoms with E-state index in [0.29, 0.717) is 13.0 Å². The summed E-state index contributed by atoms with van der Waals surface area (Å²) in [4.78, 5) is 12.7. The molecule has 1 aliphatic heterocycles. The third-order valence-corrected chi connectivity index (χ3v) is 3.47. The summed E-state index contributed by atoms with van der Waals surface area (Å²) in [5.41, 5.74) is 0. The van der Waals surface area contributed by atoms with Crippen molar-refractivity contribution in [3.8, 4) is 0 Å². The molecule has 1 unspecified atom stereocenters. The molecule has 1 saturated heterocycles. The number of hydrogen-bond acceptors (Lipinski definition) is 2. The average Bonchev–Trinajstić information content (AvgIpc) is 2.35. The first kappa shape index (κ1) is 18.3. The normalized spacial score (nSPS) is 22.6. The SMILES string of the molecule is CC.CCC(CC)N1CCC(NC(C)=O)C(F)(F)C1.[HH]. The second-order valence-electron chi connectivity index (χ2n) is 4.74. The molecule has 1 aliphatic rings. The van der Waals surface area contributed by atoms with Crippen molar-refractivity contribution < 1.29 is 15.0 Å². The molecule has 5 heteroatoms. The Morgan fingerprint density at radius 1 is 1.42 bits per heavy atom. The predicted octanol–water partition coefficient (Wildman–Crippen LogP) is 3.29. The summed E-state index contributed by atoms with van der Waals surface area (Å²) in [7, 11) is 0. The van der Waals surface area contributed by atoms with E-state index < -0.39 is 12.0 Å². The number of nitrogens with one attached hydrogen (secondary N) is 1. The van der Waals surface area contributed by atoms with Crippen LogP contribution in [0.1, 0.15) is 55.3 Å². The van der Waals surface area contributed by atoms with Crippen molar-refractivity contribution in [2.45, 2.75) is 71.9 Å². The molecule has 19 heavy (non-hydrogen) atoms. The van der Waals surface area contributed by atoms with Crippen molar-refractivity contribution in [2.75, 3.05) is 13.1 Å². The molecule has 1 fully saturated rings. The lowest BCUT2D eigenvalue weighted by atomic mass is 9.97. The molecule has 0 spiro atoms. The molecule has 3 nitrogen and oxygen atoms in total. The highest BCUT2D eigenvalue weighted by molar-refractivity contribution is 5.73. The van der Waals surface area contributed by atoms with Crippen LogP contribution in [0.3, 0.4) is 0 Å². The van der Waals surface area contributed by atoms with Crippen LogP contribution in [0.15, 0.2) is 0 Å². The van der Waals surface area contributed by atoms with Gasteiger partial charge in [-0.15, -0.1) is 0 Å². The van der Waals surface area contributed by atoms with Gasteiger partial charge in [0.05, 0.1) is 12.6 Å². The van der Waals surface area contributed by atoms with E-state index in [0.717, 1.165) is 12.8 Å². The number of rotatable bonds is 4. The molecule has 0 aromatic heterocycles. The van der Waals surface area contributed by atoms with Crippen LogP contribution < -0.4 is 5.32 Å². The zero-order valence-electron chi connectivity index (χ0n) is 12.8. The van der Waals surface area contributed by atoms with Crippen molar-refractivity contribution in [3.63, 3.8) is 0 Å². The van der Waals surface area contributed by atoms with Gasteiger partial charge in [-0.3, -0.25) is 9.69 Å². The second-order valence-corrected chi connectivity index (χ2v) is 4.74. The minimum absolute atomic E-state index is 0. The minimum Gasteiger partial charge on any atom is -0.347 e. The molecule has 0 saturated carbocycles. The lowest BCUT2D eigenvalue weighted by Crippen LogP contribution is -2.59. The van der Waals surface area contributed by atoms with Gasteiger partial charge < -0.3 is 5.32 Å². The second kappa shape index (κ2) is 8.46. The third-order valence-electron chi connectivity index (χ3n) is 3.47. The maximum absolute atomic E-state index is 13.9. The summed E-state index contributed by atoms with van der Waals surface area (Å²) in [6, 6.07) is -0.787. The van der Waals surface area contributed by atoms with Crippen LogP contribution >= 0.6 is 0 Å². The van der Waals surface area contributed by atoms with Crippen LogP contribution in [-0.2, 0) is 4.79 Å². The predicted molar refractivity (Wildman–Crippen MR) is 76.6 cm³/mol. The maximum Gasteiger partial charge on any atom is 0.280 e. The summed E-state index contributed by atoms with van der Waals surface area (Å²) in [5.74, 6) is -3.21. The quantitative estimate of drug-likeness (QED) is 0.857. The minimum atomic E-state index is -2.83. The maximum atomic E-state index is 13.9. The Bertz CT molecular complexity index is 274. The highest BCUT2D eigenvalue weighted by Crippen LogP contribution is 2.29. The fraction of sp³-hybridized carbons (Fsp3) is 0.929. The number of amides is 1. The lowest BCUT2D eigenvalue weighted by Gasteiger charge is -2.41. The van der Waals surface area contributed by atoms with E-state index in [9.17, 15) is 13.6 Å². The Morgan fingerprint density at radius 3 is 2.32 bits per heavy atom. The number of carbonyl (C=O) groups excluding carboxylic acids is 1. The number of alkyl halides is 2. The number of halogens is 2. The largest absolute Gasteiger partial charge is 0.347 e. The van der Waals surface area contributed by atoms with Crippen molar-refractivity contribution in [3.05, 3.63) is 0 Å². The van der Waals surface area contributed by atoms with Crippen molar-refractivity contribution in [1.82, 2.24) is 10.2 Å². The molecular formula is C14H30F2N2O. The summed E-state index contributed by atoms with van der Waals surface area (Å²) in [5, 5.41) is 2.35. The summed E-state index contributed by atoms with van der Waals surface area (Å²) in [6.07, 6.45) is 2.10. The molecule has 1 N–H and O–H groups in total. The highest BCUT2D eigenvalue weighted by Gasteiger charge is 2.45. The first-order chi connectivity index (χ1) is 8.90. The topological polar surface area (TPSA) is 32.3 Å². The number of likely N-dealkylation sites (tertiary alicyclic amines) is 1. The van der Waals surface area contributed by atoms with Gasteiger partial charge in [0.15, 0.2) is 0 Å². The summed E-state index contributed by atoms with van der Waals surface area (Å²) >= 11 is 0. The fourth-order valence-electron chi connectivity index (χ4n) is 2.51. The first-order valence-corrected chi connectivity index (χ1v) is 7.29. The van der Waals surface area contributed by atoms with Crippen LogP contribution in [0.25, 0.3) is 0 Å². The monoisotopic (exact) mass is 280 g/mol. The van der Waals surface area contributed by atoms with Gasteiger partial charge in [0.1, 0.15) is 0 Å². The molecule has 0 bridgehead atoms. The molecule has 0 aromatic carbocycles. The Morgan fingerprint density at radius 2 is 1.95 bits per heavy atom. The average molecular weight is 280 g/mol. The molecule has 0 aromatic rings. The van der Waals surface area contributed by atoms with Crippen LogP contribution in [0.2, 0.25) is 0 Å². The van der Waals surface area contributed by atoms with Crippen LogP contribution in [0.4, 0.5) is 8.78 Å². The van der Waals surface area contributed by atoms with Gasteiger partial charge in [-0.05, 0) is 19.3 Å². The Hall–Kier alpha value is -0.710. The fourth-order valence-corrected chi connectivity index (χ4v) is 2.51. The molecular weight excluding hydrogens is 250 g/mol. The van der Waals surface area contributed by atoms with Gasteiger partial charge in [-0.2, -0.15) is 0 Å². The molecule has 1 heterocycles. The Kier molecular flexibility index (Phi) is 8.14. The molecule has 0 radical (unpaired) electrons. The van der Waals surface area contributed by atoms with Gasteiger partial charge in [-0.25, -0.2) is 8.78 Å². The smallest absolute Gasteiger partial charge is 0.280 e. The molecule has 1 atom stereocenters. The summed E-state index contributed by atoms with van der Waals surface area (Å²) < 4.78 is 27.7. The third kappa shape index (κ3) is 5.43. The zero-order valence-corrected chi connectivity index (χ0v) is 12.8. The van der Waals surface area contributed by atoms with Crippen LogP contribution in [0, 0.1) is 0 Å². The van der Waals surface area contributed by atoms with E-state index in [1.54, 1.807) is 0 Å².